The highest BCUT2D eigenvalue weighted by Crippen LogP contribution is 2.36. The molecule has 1 aliphatic rings. The van der Waals surface area contributed by atoms with E-state index in [2.05, 4.69) is 21.2 Å². The summed E-state index contributed by atoms with van der Waals surface area (Å²) in [6.07, 6.45) is 5.39. The third kappa shape index (κ3) is 3.67. The molecule has 3 nitrogen and oxygen atoms in total. The van der Waals surface area contributed by atoms with Crippen molar-refractivity contribution in [3.8, 4) is 0 Å². The Morgan fingerprint density at radius 3 is 3.06 bits per heavy atom. The number of hydrogen-bond acceptors (Lipinski definition) is 2. The van der Waals surface area contributed by atoms with E-state index in [1.165, 1.54) is 12.8 Å². The van der Waals surface area contributed by atoms with Crippen LogP contribution < -0.4 is 5.32 Å². The van der Waals surface area contributed by atoms with Crippen LogP contribution >= 0.6 is 15.9 Å². The number of amides is 1. The highest BCUT2D eigenvalue weighted by molar-refractivity contribution is 9.09. The van der Waals surface area contributed by atoms with Crippen LogP contribution in [0.3, 0.4) is 0 Å². The molecule has 1 aliphatic carbocycles. The number of halogens is 1. The second kappa shape index (κ2) is 5.53. The fourth-order valence-corrected chi connectivity index (χ4v) is 2.31. The predicted molar refractivity (Wildman–Crippen MR) is 65.5 cm³/mol. The molecule has 0 radical (unpaired) electrons. The van der Waals surface area contributed by atoms with Gasteiger partial charge in [-0.1, -0.05) is 15.9 Å². The number of aryl methyl sites for hydroxylation is 1. The molecule has 0 aliphatic heterocycles. The highest BCUT2D eigenvalue weighted by Gasteiger charge is 2.29. The van der Waals surface area contributed by atoms with Crippen molar-refractivity contribution in [1.29, 1.82) is 0 Å². The van der Waals surface area contributed by atoms with E-state index >= 15 is 0 Å². The summed E-state index contributed by atoms with van der Waals surface area (Å²) < 4.78 is 5.17. The Bertz CT molecular complexity index is 333. The number of alkyl halides is 1. The monoisotopic (exact) mass is 285 g/mol. The van der Waals surface area contributed by atoms with Crippen LogP contribution in [0.4, 0.5) is 0 Å². The number of furan rings is 1. The zero-order valence-corrected chi connectivity index (χ0v) is 10.7. The zero-order chi connectivity index (χ0) is 11.4. The van der Waals surface area contributed by atoms with Gasteiger partial charge in [-0.3, -0.25) is 4.79 Å². The Kier molecular flexibility index (Phi) is 4.04. The minimum atomic E-state index is 0.0986. The minimum absolute atomic E-state index is 0.0986. The maximum absolute atomic E-state index is 11.5. The molecule has 1 N–H and O–H groups in total. The summed E-state index contributed by atoms with van der Waals surface area (Å²) in [7, 11) is 0. The van der Waals surface area contributed by atoms with Gasteiger partial charge in [0.05, 0.1) is 6.26 Å². The SMILES string of the molecule is O=C(CCc1ccco1)NCC(Br)C1CC1. The van der Waals surface area contributed by atoms with Crippen LogP contribution in [0.1, 0.15) is 25.0 Å². The van der Waals surface area contributed by atoms with E-state index in [1.54, 1.807) is 6.26 Å². The fourth-order valence-electron chi connectivity index (χ4n) is 1.62. The van der Waals surface area contributed by atoms with Gasteiger partial charge in [-0.25, -0.2) is 0 Å². The lowest BCUT2D eigenvalue weighted by molar-refractivity contribution is -0.121. The quantitative estimate of drug-likeness (QED) is 0.816. The molecule has 1 atom stereocenters. The Labute approximate surface area is 104 Å². The first kappa shape index (κ1) is 11.7. The third-order valence-corrected chi connectivity index (χ3v) is 3.88. The number of nitrogens with one attached hydrogen (secondary N) is 1. The van der Waals surface area contributed by atoms with E-state index in [1.807, 2.05) is 12.1 Å². The van der Waals surface area contributed by atoms with Crippen molar-refractivity contribution >= 4 is 21.8 Å². The van der Waals surface area contributed by atoms with E-state index in [0.717, 1.165) is 18.2 Å². The van der Waals surface area contributed by atoms with Gasteiger partial charge in [0.15, 0.2) is 0 Å². The molecule has 16 heavy (non-hydrogen) atoms. The van der Waals surface area contributed by atoms with Gasteiger partial charge in [0.1, 0.15) is 5.76 Å². The van der Waals surface area contributed by atoms with E-state index in [9.17, 15) is 4.79 Å². The molecule has 88 valence electrons. The molecule has 0 saturated heterocycles. The third-order valence-electron chi connectivity index (χ3n) is 2.81. The normalized spacial score (nSPS) is 17.1. The molecule has 1 aromatic rings. The molecule has 1 fully saturated rings. The topological polar surface area (TPSA) is 42.2 Å². The van der Waals surface area contributed by atoms with Crippen molar-refractivity contribution in [1.82, 2.24) is 5.32 Å². The molecule has 1 aromatic heterocycles. The summed E-state index contributed by atoms with van der Waals surface area (Å²) in [5, 5.41) is 2.94. The highest BCUT2D eigenvalue weighted by atomic mass is 79.9. The smallest absolute Gasteiger partial charge is 0.220 e. The maximum Gasteiger partial charge on any atom is 0.220 e. The van der Waals surface area contributed by atoms with Gasteiger partial charge in [0.25, 0.3) is 0 Å². The largest absolute Gasteiger partial charge is 0.469 e. The Hall–Kier alpha value is -0.770. The standard InChI is InChI=1S/C12H16BrNO2/c13-11(9-3-4-9)8-14-12(15)6-5-10-2-1-7-16-10/h1-2,7,9,11H,3-6,8H2,(H,14,15). The van der Waals surface area contributed by atoms with Gasteiger partial charge in [0.2, 0.25) is 5.91 Å². The Morgan fingerprint density at radius 2 is 2.44 bits per heavy atom. The summed E-state index contributed by atoms with van der Waals surface area (Å²) in [4.78, 5) is 12.0. The first-order chi connectivity index (χ1) is 7.75. The van der Waals surface area contributed by atoms with E-state index < -0.39 is 0 Å². The van der Waals surface area contributed by atoms with Crippen molar-refractivity contribution in [3.05, 3.63) is 24.2 Å². The second-order valence-electron chi connectivity index (χ2n) is 4.24. The van der Waals surface area contributed by atoms with Crippen LogP contribution in [0.5, 0.6) is 0 Å². The first-order valence-electron chi connectivity index (χ1n) is 5.69. The molecule has 1 amide bonds. The second-order valence-corrected chi connectivity index (χ2v) is 5.41. The zero-order valence-electron chi connectivity index (χ0n) is 9.12. The lowest BCUT2D eigenvalue weighted by Gasteiger charge is -2.09. The lowest BCUT2D eigenvalue weighted by Crippen LogP contribution is -2.30. The molecule has 0 aromatic carbocycles. The van der Waals surface area contributed by atoms with Crippen LogP contribution in [0.2, 0.25) is 0 Å². The van der Waals surface area contributed by atoms with E-state index in [-0.39, 0.29) is 5.91 Å². The number of carbonyl (C=O) groups excluding carboxylic acids is 1. The molecule has 2 rings (SSSR count). The van der Waals surface area contributed by atoms with E-state index in [0.29, 0.717) is 17.7 Å². The Morgan fingerprint density at radius 1 is 1.62 bits per heavy atom. The van der Waals surface area contributed by atoms with Gasteiger partial charge in [0, 0.05) is 24.2 Å². The van der Waals surface area contributed by atoms with Crippen molar-refractivity contribution in [3.63, 3.8) is 0 Å². The van der Waals surface area contributed by atoms with Crippen molar-refractivity contribution < 1.29 is 9.21 Å². The molecule has 1 saturated carbocycles. The fraction of sp³-hybridized carbons (Fsp3) is 0.583. The van der Waals surface area contributed by atoms with Crippen LogP contribution in [-0.2, 0) is 11.2 Å². The van der Waals surface area contributed by atoms with Crippen molar-refractivity contribution in [2.75, 3.05) is 6.54 Å². The van der Waals surface area contributed by atoms with Crippen LogP contribution in [0.15, 0.2) is 22.8 Å². The van der Waals surface area contributed by atoms with Crippen molar-refractivity contribution in [2.24, 2.45) is 5.92 Å². The first-order valence-corrected chi connectivity index (χ1v) is 6.60. The molecule has 4 heteroatoms. The number of hydrogen-bond donors (Lipinski definition) is 1. The maximum atomic E-state index is 11.5. The van der Waals surface area contributed by atoms with Crippen molar-refractivity contribution in [2.45, 2.75) is 30.5 Å². The average molecular weight is 286 g/mol. The molecular weight excluding hydrogens is 270 g/mol. The lowest BCUT2D eigenvalue weighted by atomic mass is 10.2. The molecule has 1 unspecified atom stereocenters. The van der Waals surface area contributed by atoms with Gasteiger partial charge in [-0.2, -0.15) is 0 Å². The summed E-state index contributed by atoms with van der Waals surface area (Å²) in [5.41, 5.74) is 0. The molecular formula is C12H16BrNO2. The number of rotatable bonds is 6. The predicted octanol–water partition coefficient (Wildman–Crippen LogP) is 2.50. The summed E-state index contributed by atoms with van der Waals surface area (Å²) in [5.74, 6) is 1.74. The minimum Gasteiger partial charge on any atom is -0.469 e. The summed E-state index contributed by atoms with van der Waals surface area (Å²) >= 11 is 3.59. The summed E-state index contributed by atoms with van der Waals surface area (Å²) in [6.45, 7) is 0.738. The van der Waals surface area contributed by atoms with Gasteiger partial charge < -0.3 is 9.73 Å². The molecule has 1 heterocycles. The molecule has 0 bridgehead atoms. The van der Waals surface area contributed by atoms with E-state index in [4.69, 9.17) is 4.42 Å². The average Bonchev–Trinajstić information content (AvgIpc) is 3.01. The van der Waals surface area contributed by atoms with Crippen LogP contribution in [0.25, 0.3) is 0 Å². The molecule has 0 spiro atoms. The van der Waals surface area contributed by atoms with Gasteiger partial charge >= 0.3 is 0 Å². The Balaban J connectivity index is 1.60. The van der Waals surface area contributed by atoms with Gasteiger partial charge in [-0.15, -0.1) is 0 Å². The number of carbonyl (C=O) groups is 1. The van der Waals surface area contributed by atoms with Crippen LogP contribution in [0, 0.1) is 5.92 Å². The summed E-state index contributed by atoms with van der Waals surface area (Å²) in [6, 6.07) is 3.74. The van der Waals surface area contributed by atoms with Gasteiger partial charge in [-0.05, 0) is 30.9 Å². The van der Waals surface area contributed by atoms with Crippen LogP contribution in [-0.4, -0.2) is 17.3 Å².